The van der Waals surface area contributed by atoms with Crippen molar-refractivity contribution in [2.75, 3.05) is 5.32 Å². The average molecular weight is 446 g/mol. The highest BCUT2D eigenvalue weighted by Gasteiger charge is 2.17. The van der Waals surface area contributed by atoms with Crippen molar-refractivity contribution in [3.8, 4) is 10.6 Å². The maximum atomic E-state index is 12.8. The number of carbonyl (C=O) groups is 1. The number of fused-ring (bicyclic) bond motifs is 2. The summed E-state index contributed by atoms with van der Waals surface area (Å²) in [6.07, 6.45) is 0. The second-order valence-electron chi connectivity index (χ2n) is 6.94. The van der Waals surface area contributed by atoms with Crippen molar-refractivity contribution in [1.29, 1.82) is 0 Å². The summed E-state index contributed by atoms with van der Waals surface area (Å²) >= 11 is 1.52. The number of carbonyl (C=O) groups excluding carboxylic acids is 1. The zero-order valence-corrected chi connectivity index (χ0v) is 17.2. The molecule has 5 rings (SSSR count). The van der Waals surface area contributed by atoms with Gasteiger partial charge >= 0.3 is 5.76 Å². The molecule has 9 nitrogen and oxygen atoms in total. The van der Waals surface area contributed by atoms with Gasteiger partial charge in [0.2, 0.25) is 5.91 Å². The van der Waals surface area contributed by atoms with Crippen molar-refractivity contribution in [2.24, 2.45) is 0 Å². The minimum atomic E-state index is -0.768. The minimum absolute atomic E-state index is 0.0480. The second kappa shape index (κ2) is 7.75. The van der Waals surface area contributed by atoms with E-state index in [4.69, 9.17) is 4.42 Å². The fourth-order valence-corrected chi connectivity index (χ4v) is 4.42. The zero-order chi connectivity index (χ0) is 22.2. The smallest absolute Gasteiger partial charge is 0.407 e. The molecular weight excluding hydrogens is 432 g/mol. The molecule has 5 aromatic rings. The third-order valence-corrected chi connectivity index (χ3v) is 5.96. The van der Waals surface area contributed by atoms with Gasteiger partial charge in [-0.3, -0.25) is 19.5 Å². The first kappa shape index (κ1) is 19.6. The highest BCUT2D eigenvalue weighted by Crippen LogP contribution is 2.34. The topological polar surface area (TPSA) is 120 Å². The van der Waals surface area contributed by atoms with Crippen LogP contribution in [0.2, 0.25) is 0 Å². The Hall–Kier alpha value is -4.31. The Labute approximate surface area is 183 Å². The molecule has 158 valence electrons. The molecule has 0 aliphatic rings. The number of nitrogens with zero attached hydrogens (tertiary/aromatic N) is 3. The number of oxazole rings is 1. The Morgan fingerprint density at radius 1 is 1.12 bits per heavy atom. The lowest BCUT2D eigenvalue weighted by Crippen LogP contribution is -2.25. The summed E-state index contributed by atoms with van der Waals surface area (Å²) in [5.41, 5.74) is 2.35. The number of hydrogen-bond acceptors (Lipinski definition) is 7. The molecule has 0 aliphatic heterocycles. The van der Waals surface area contributed by atoms with E-state index in [0.29, 0.717) is 11.2 Å². The third kappa shape index (κ3) is 3.52. The molecule has 10 heteroatoms. The summed E-state index contributed by atoms with van der Waals surface area (Å²) in [7, 11) is 0. The molecule has 3 aromatic carbocycles. The third-order valence-electron chi connectivity index (χ3n) is 4.89. The monoisotopic (exact) mass is 446 g/mol. The van der Waals surface area contributed by atoms with Crippen LogP contribution in [-0.2, 0) is 11.3 Å². The predicted octanol–water partition coefficient (Wildman–Crippen LogP) is 4.42. The van der Waals surface area contributed by atoms with Gasteiger partial charge in [0.15, 0.2) is 5.58 Å². The van der Waals surface area contributed by atoms with Crippen molar-refractivity contribution < 1.29 is 14.1 Å². The summed E-state index contributed by atoms with van der Waals surface area (Å²) in [6, 6.07) is 18.9. The normalized spacial score (nSPS) is 11.1. The van der Waals surface area contributed by atoms with Crippen LogP contribution in [0.5, 0.6) is 0 Å². The van der Waals surface area contributed by atoms with E-state index < -0.39 is 16.6 Å². The molecule has 0 atom stereocenters. The van der Waals surface area contributed by atoms with E-state index >= 15 is 0 Å². The van der Waals surface area contributed by atoms with E-state index in [0.717, 1.165) is 31.4 Å². The fourth-order valence-electron chi connectivity index (χ4n) is 3.42. The lowest BCUT2D eigenvalue weighted by Gasteiger charge is -2.09. The Morgan fingerprint density at radius 3 is 2.72 bits per heavy atom. The number of para-hydroxylation sites is 2. The summed E-state index contributed by atoms with van der Waals surface area (Å²) in [4.78, 5) is 40.0. The Morgan fingerprint density at radius 2 is 1.91 bits per heavy atom. The molecular formula is C22H14N4O5S. The van der Waals surface area contributed by atoms with Crippen molar-refractivity contribution in [3.05, 3.63) is 87.4 Å². The molecule has 1 N–H and O–H groups in total. The first-order valence-electron chi connectivity index (χ1n) is 9.52. The fraction of sp³-hybridized carbons (Fsp3) is 0.0455. The van der Waals surface area contributed by atoms with Gasteiger partial charge in [-0.05, 0) is 30.3 Å². The van der Waals surface area contributed by atoms with Gasteiger partial charge in [0.05, 0.1) is 32.4 Å². The van der Waals surface area contributed by atoms with E-state index in [1.54, 1.807) is 12.1 Å². The van der Waals surface area contributed by atoms with Crippen LogP contribution < -0.4 is 11.1 Å². The molecule has 0 spiro atoms. The van der Waals surface area contributed by atoms with Crippen LogP contribution in [0, 0.1) is 10.1 Å². The van der Waals surface area contributed by atoms with Crippen molar-refractivity contribution in [2.45, 2.75) is 6.54 Å². The quantitative estimate of drug-likeness (QED) is 0.315. The van der Waals surface area contributed by atoms with Gasteiger partial charge < -0.3 is 9.73 Å². The maximum absolute atomic E-state index is 12.8. The molecule has 0 saturated heterocycles. The Balaban J connectivity index is 1.44. The number of anilines is 1. The second-order valence-corrected chi connectivity index (χ2v) is 7.97. The molecule has 0 unspecified atom stereocenters. The number of amides is 1. The summed E-state index contributed by atoms with van der Waals surface area (Å²) in [5.74, 6) is -1.21. The number of aromatic nitrogens is 2. The van der Waals surface area contributed by atoms with Gasteiger partial charge in [0.25, 0.3) is 5.69 Å². The van der Waals surface area contributed by atoms with E-state index in [-0.39, 0.29) is 17.8 Å². The maximum Gasteiger partial charge on any atom is 0.420 e. The summed E-state index contributed by atoms with van der Waals surface area (Å²) < 4.78 is 7.25. The molecule has 1 amide bonds. The van der Waals surface area contributed by atoms with Crippen molar-refractivity contribution in [3.63, 3.8) is 0 Å². The van der Waals surface area contributed by atoms with E-state index in [2.05, 4.69) is 10.3 Å². The average Bonchev–Trinajstić information content (AvgIpc) is 3.34. The van der Waals surface area contributed by atoms with Crippen LogP contribution in [0.25, 0.3) is 31.9 Å². The van der Waals surface area contributed by atoms with Crippen LogP contribution >= 0.6 is 11.3 Å². The summed E-state index contributed by atoms with van der Waals surface area (Å²) in [5, 5.41) is 14.5. The minimum Gasteiger partial charge on any atom is -0.407 e. The number of rotatable bonds is 5. The van der Waals surface area contributed by atoms with Crippen LogP contribution in [0.3, 0.4) is 0 Å². The highest BCUT2D eigenvalue weighted by atomic mass is 32.1. The lowest BCUT2D eigenvalue weighted by molar-refractivity contribution is -0.384. The van der Waals surface area contributed by atoms with E-state index in [1.807, 2.05) is 36.4 Å². The van der Waals surface area contributed by atoms with Crippen LogP contribution in [0.4, 0.5) is 11.4 Å². The molecule has 0 bridgehead atoms. The molecule has 2 aromatic heterocycles. The molecule has 0 saturated carbocycles. The number of thiazole rings is 1. The van der Waals surface area contributed by atoms with Gasteiger partial charge in [-0.15, -0.1) is 11.3 Å². The van der Waals surface area contributed by atoms with Crippen LogP contribution in [0.1, 0.15) is 0 Å². The van der Waals surface area contributed by atoms with Crippen LogP contribution in [0.15, 0.2) is 75.9 Å². The Kier molecular flexibility index (Phi) is 4.75. The molecule has 32 heavy (non-hydrogen) atoms. The van der Waals surface area contributed by atoms with Gasteiger partial charge in [0, 0.05) is 11.6 Å². The Bertz CT molecular complexity index is 1530. The number of nitro groups is 1. The molecule has 0 fully saturated rings. The predicted molar refractivity (Wildman–Crippen MR) is 121 cm³/mol. The van der Waals surface area contributed by atoms with Crippen molar-refractivity contribution >= 4 is 49.9 Å². The molecule has 0 aliphatic carbocycles. The van der Waals surface area contributed by atoms with E-state index in [1.165, 1.54) is 23.5 Å². The zero-order valence-electron chi connectivity index (χ0n) is 16.3. The van der Waals surface area contributed by atoms with Gasteiger partial charge in [0.1, 0.15) is 11.6 Å². The number of benzene rings is 3. The van der Waals surface area contributed by atoms with Gasteiger partial charge in [-0.25, -0.2) is 9.78 Å². The van der Waals surface area contributed by atoms with Gasteiger partial charge in [-0.2, -0.15) is 0 Å². The SMILES string of the molecule is O=C(Cn1c(=O)oc2cc([N+](=O)[O-])ccc21)Nc1ccccc1-c1nc2ccccc2s1. The van der Waals surface area contributed by atoms with Crippen LogP contribution in [-0.4, -0.2) is 20.4 Å². The highest BCUT2D eigenvalue weighted by molar-refractivity contribution is 7.21. The largest absolute Gasteiger partial charge is 0.420 e. The first-order chi connectivity index (χ1) is 15.5. The number of nitrogens with one attached hydrogen (secondary N) is 1. The lowest BCUT2D eigenvalue weighted by atomic mass is 10.2. The number of hydrogen-bond donors (Lipinski definition) is 1. The molecule has 0 radical (unpaired) electrons. The standard InChI is InChI=1S/C22H14N4O5S/c27-20(12-25-17-10-9-13(26(29)30)11-18(17)31-22(25)28)23-15-6-2-1-5-14(15)21-24-16-7-3-4-8-19(16)32-21/h1-11H,12H2,(H,23,27). The number of nitro benzene ring substituents is 1. The van der Waals surface area contributed by atoms with Gasteiger partial charge in [-0.1, -0.05) is 24.3 Å². The first-order valence-corrected chi connectivity index (χ1v) is 10.3. The summed E-state index contributed by atoms with van der Waals surface area (Å²) in [6.45, 7) is -0.308. The van der Waals surface area contributed by atoms with Crippen molar-refractivity contribution in [1.82, 2.24) is 9.55 Å². The number of non-ortho nitro benzene ring substituents is 1. The molecule has 2 heterocycles. The van der Waals surface area contributed by atoms with E-state index in [9.17, 15) is 19.7 Å².